The molecule has 0 aromatic heterocycles. The second-order valence-corrected chi connectivity index (χ2v) is 13.2. The third kappa shape index (κ3) is 6.10. The van der Waals surface area contributed by atoms with Gasteiger partial charge in [-0.05, 0) is 74.1 Å². The molecule has 0 amide bonds. The highest BCUT2D eigenvalue weighted by Crippen LogP contribution is 2.42. The van der Waals surface area contributed by atoms with Crippen molar-refractivity contribution in [3.8, 4) is 0 Å². The number of halogens is 1. The van der Waals surface area contributed by atoms with Gasteiger partial charge in [0.2, 0.25) is 0 Å². The van der Waals surface area contributed by atoms with Crippen molar-refractivity contribution in [1.82, 2.24) is 9.62 Å². The van der Waals surface area contributed by atoms with Crippen molar-refractivity contribution in [1.29, 1.82) is 0 Å². The molecule has 2 aromatic carbocycles. The predicted molar refractivity (Wildman–Crippen MR) is 174 cm³/mol. The standard InChI is InChI=1S/C30H50B3ClN4/c1-21(2)25-15-13-16-26(22(3)4)29(25)37-19-20-38(33(37)31(35(9)10)32(34)36(11)12)30-27(23(5)6)17-14-18-28(30)24(7)8/h13-18,21-24H,19-20H2,1-12H3. The van der Waals surface area contributed by atoms with E-state index in [-0.39, 0.29) is 19.7 Å². The van der Waals surface area contributed by atoms with Crippen LogP contribution in [0.4, 0.5) is 11.4 Å². The zero-order chi connectivity index (χ0) is 28.5. The fourth-order valence-electron chi connectivity index (χ4n) is 6.15. The zero-order valence-corrected chi connectivity index (χ0v) is 26.8. The summed E-state index contributed by atoms with van der Waals surface area (Å²) >= 11 is 7.30. The minimum absolute atomic E-state index is 0.0784. The molecule has 2 aromatic rings. The van der Waals surface area contributed by atoms with Crippen LogP contribution in [0.3, 0.4) is 0 Å². The van der Waals surface area contributed by atoms with Crippen LogP contribution in [0.25, 0.3) is 0 Å². The summed E-state index contributed by atoms with van der Waals surface area (Å²) in [6, 6.07) is 13.8. The average molecular weight is 535 g/mol. The largest absolute Gasteiger partial charge is 0.399 e. The molecule has 0 unspecified atom stereocenters. The summed E-state index contributed by atoms with van der Waals surface area (Å²) in [4.78, 5) is 9.91. The van der Waals surface area contributed by atoms with Gasteiger partial charge in [0.15, 0.2) is 0 Å². The van der Waals surface area contributed by atoms with E-state index in [1.54, 1.807) is 0 Å². The van der Waals surface area contributed by atoms with E-state index < -0.39 is 0 Å². The van der Waals surface area contributed by atoms with Crippen LogP contribution in [-0.2, 0) is 0 Å². The summed E-state index contributed by atoms with van der Waals surface area (Å²) in [7, 11) is 8.57. The molecule has 0 bridgehead atoms. The van der Waals surface area contributed by atoms with E-state index >= 15 is 0 Å². The number of nitrogens with zero attached hydrogens (tertiary/aromatic N) is 4. The first-order valence-electron chi connectivity index (χ1n) is 14.5. The smallest absolute Gasteiger partial charge is 0.346 e. The van der Waals surface area contributed by atoms with Crippen LogP contribution in [0.15, 0.2) is 36.4 Å². The number of rotatable bonds is 10. The molecule has 3 rings (SSSR count). The summed E-state index contributed by atoms with van der Waals surface area (Å²) in [5, 5.41) is 0. The molecular weight excluding hydrogens is 484 g/mol. The molecule has 0 N–H and O–H groups in total. The molecule has 0 saturated carbocycles. The first kappa shape index (κ1) is 31.0. The lowest BCUT2D eigenvalue weighted by molar-refractivity contribution is 0.637. The average Bonchev–Trinajstić information content (AvgIpc) is 3.26. The molecule has 1 saturated heterocycles. The Morgan fingerprint density at radius 2 is 0.947 bits per heavy atom. The normalized spacial score (nSPS) is 14.4. The number of hydrogen-bond donors (Lipinski definition) is 0. The van der Waals surface area contributed by atoms with Crippen LogP contribution in [0.1, 0.15) is 101 Å². The van der Waals surface area contributed by atoms with Crippen LogP contribution in [-0.4, -0.2) is 70.6 Å². The van der Waals surface area contributed by atoms with Crippen molar-refractivity contribution >= 4 is 42.5 Å². The van der Waals surface area contributed by atoms with Gasteiger partial charge in [0.05, 0.1) is 0 Å². The third-order valence-corrected chi connectivity index (χ3v) is 8.81. The second-order valence-electron chi connectivity index (χ2n) is 12.8. The van der Waals surface area contributed by atoms with E-state index in [1.807, 2.05) is 0 Å². The number of benzene rings is 2. The highest BCUT2D eigenvalue weighted by molar-refractivity contribution is 7.60. The van der Waals surface area contributed by atoms with Crippen molar-refractivity contribution < 1.29 is 0 Å². The summed E-state index contributed by atoms with van der Waals surface area (Å²) in [5.41, 5.74) is 8.53. The molecular formula is C30H50B3ClN4. The molecule has 0 aliphatic carbocycles. The Morgan fingerprint density at radius 3 is 1.18 bits per heavy atom. The van der Waals surface area contributed by atoms with Gasteiger partial charge in [-0.1, -0.05) is 91.8 Å². The van der Waals surface area contributed by atoms with Gasteiger partial charge in [-0.25, -0.2) is 0 Å². The Bertz CT molecular complexity index is 949. The molecule has 0 atom stereocenters. The number of hydrogen-bond acceptors (Lipinski definition) is 4. The highest BCUT2D eigenvalue weighted by Gasteiger charge is 2.53. The van der Waals surface area contributed by atoms with Crippen molar-refractivity contribution in [2.75, 3.05) is 50.9 Å². The van der Waals surface area contributed by atoms with E-state index in [0.29, 0.717) is 23.7 Å². The van der Waals surface area contributed by atoms with E-state index in [1.165, 1.54) is 33.6 Å². The van der Waals surface area contributed by atoms with Crippen LogP contribution < -0.4 is 9.62 Å². The van der Waals surface area contributed by atoms with Crippen LogP contribution in [0, 0.1) is 0 Å². The van der Waals surface area contributed by atoms with Gasteiger partial charge in [-0.2, -0.15) is 11.5 Å². The van der Waals surface area contributed by atoms with E-state index in [0.717, 1.165) is 13.1 Å². The van der Waals surface area contributed by atoms with Crippen molar-refractivity contribution in [3.63, 3.8) is 0 Å². The maximum absolute atomic E-state index is 7.30. The van der Waals surface area contributed by atoms with Crippen LogP contribution in [0.2, 0.25) is 0 Å². The summed E-state index contributed by atoms with van der Waals surface area (Å²) < 4.78 is 0. The lowest BCUT2D eigenvalue weighted by Gasteiger charge is -2.41. The van der Waals surface area contributed by atoms with Crippen LogP contribution in [0.5, 0.6) is 0 Å². The monoisotopic (exact) mass is 534 g/mol. The quantitative estimate of drug-likeness (QED) is 0.305. The number of anilines is 2. The molecule has 1 heterocycles. The Kier molecular flexibility index (Phi) is 10.4. The fourth-order valence-corrected chi connectivity index (χ4v) is 6.51. The van der Waals surface area contributed by atoms with E-state index in [4.69, 9.17) is 11.5 Å². The third-order valence-electron chi connectivity index (χ3n) is 8.16. The topological polar surface area (TPSA) is 13.0 Å². The molecule has 206 valence electrons. The van der Waals surface area contributed by atoms with Gasteiger partial charge in [0.25, 0.3) is 6.63 Å². The van der Waals surface area contributed by atoms with Gasteiger partial charge >= 0.3 is 13.0 Å². The van der Waals surface area contributed by atoms with Gasteiger partial charge in [-0.3, -0.25) is 0 Å². The Morgan fingerprint density at radius 1 is 0.632 bits per heavy atom. The predicted octanol–water partition coefficient (Wildman–Crippen LogP) is 6.99. The molecule has 0 radical (unpaired) electrons. The minimum Gasteiger partial charge on any atom is -0.399 e. The summed E-state index contributed by atoms with van der Waals surface area (Å²) in [6.45, 7) is 20.7. The van der Waals surface area contributed by atoms with Gasteiger partial charge in [0.1, 0.15) is 0 Å². The van der Waals surface area contributed by atoms with Crippen molar-refractivity contribution in [3.05, 3.63) is 58.7 Å². The molecule has 1 fully saturated rings. The van der Waals surface area contributed by atoms with Crippen molar-refractivity contribution in [2.45, 2.75) is 79.1 Å². The SMILES string of the molecule is CC(C)c1cccc(C(C)C)c1N1CCN(c2c(C(C)C)cccc2C(C)C)B1B(B(Cl)N(C)C)N(C)C. The van der Waals surface area contributed by atoms with Gasteiger partial charge < -0.3 is 19.2 Å². The zero-order valence-electron chi connectivity index (χ0n) is 26.1. The van der Waals surface area contributed by atoms with Crippen molar-refractivity contribution in [2.24, 2.45) is 0 Å². The minimum atomic E-state index is -0.152. The van der Waals surface area contributed by atoms with Gasteiger partial charge in [-0.15, -0.1) is 0 Å². The molecule has 0 spiro atoms. The Hall–Kier alpha value is -1.56. The molecule has 1 aliphatic heterocycles. The maximum atomic E-state index is 7.30. The molecule has 4 nitrogen and oxygen atoms in total. The first-order chi connectivity index (χ1) is 17.8. The second kappa shape index (κ2) is 12.7. The van der Waals surface area contributed by atoms with E-state index in [9.17, 15) is 0 Å². The molecule has 38 heavy (non-hydrogen) atoms. The summed E-state index contributed by atoms with van der Waals surface area (Å²) in [5.74, 6) is 1.74. The summed E-state index contributed by atoms with van der Waals surface area (Å²) in [6.07, 6.45) is -0.152. The maximum Gasteiger partial charge on any atom is 0.346 e. The lowest BCUT2D eigenvalue weighted by Crippen LogP contribution is -2.70. The van der Waals surface area contributed by atoms with Gasteiger partial charge in [0, 0.05) is 24.5 Å². The lowest BCUT2D eigenvalue weighted by atomic mass is 9.09. The first-order valence-corrected chi connectivity index (χ1v) is 15.0. The number of para-hydroxylation sites is 2. The highest BCUT2D eigenvalue weighted by atomic mass is 35.5. The molecule has 1 aliphatic rings. The van der Waals surface area contributed by atoms with Crippen LogP contribution >= 0.6 is 11.5 Å². The molecule has 8 heteroatoms. The van der Waals surface area contributed by atoms with E-state index in [2.05, 4.69) is 139 Å². The fraction of sp³-hybridized carbons (Fsp3) is 0.600. The Labute approximate surface area is 240 Å². The Balaban J connectivity index is 2.36.